The summed E-state index contributed by atoms with van der Waals surface area (Å²) in [4.78, 5) is 45.5. The van der Waals surface area contributed by atoms with E-state index in [4.69, 9.17) is 15.2 Å². The highest BCUT2D eigenvalue weighted by molar-refractivity contribution is 5.98. The van der Waals surface area contributed by atoms with Gasteiger partial charge in [-0.1, -0.05) is 0 Å². The minimum absolute atomic E-state index is 0.0859. The van der Waals surface area contributed by atoms with Crippen LogP contribution in [0.25, 0.3) is 0 Å². The minimum atomic E-state index is -0.889. The van der Waals surface area contributed by atoms with Crippen molar-refractivity contribution in [1.29, 1.82) is 0 Å². The molecule has 0 atom stereocenters. The van der Waals surface area contributed by atoms with Crippen LogP contribution in [0.3, 0.4) is 0 Å². The lowest BCUT2D eigenvalue weighted by molar-refractivity contribution is -0.384. The first-order valence-corrected chi connectivity index (χ1v) is 8.10. The number of benzene rings is 2. The maximum atomic E-state index is 12.0. The lowest BCUT2D eigenvalue weighted by Gasteiger charge is -2.08. The molecule has 2 aromatic rings. The van der Waals surface area contributed by atoms with E-state index in [-0.39, 0.29) is 23.5 Å². The summed E-state index contributed by atoms with van der Waals surface area (Å²) in [5.74, 6) is -1.98. The Balaban J connectivity index is 1.91. The van der Waals surface area contributed by atoms with Crippen LogP contribution >= 0.6 is 0 Å². The van der Waals surface area contributed by atoms with Gasteiger partial charge in [0.25, 0.3) is 11.6 Å². The van der Waals surface area contributed by atoms with E-state index in [1.807, 2.05) is 0 Å². The van der Waals surface area contributed by atoms with Crippen LogP contribution in [0.4, 0.5) is 17.1 Å². The second-order valence-electron chi connectivity index (χ2n) is 5.45. The van der Waals surface area contributed by atoms with Gasteiger partial charge in [-0.15, -0.1) is 0 Å². The van der Waals surface area contributed by atoms with Crippen molar-refractivity contribution in [2.24, 2.45) is 0 Å². The molecule has 0 radical (unpaired) electrons. The Hall–Kier alpha value is -3.95. The molecule has 2 aromatic carbocycles. The molecule has 0 saturated heterocycles. The molecule has 146 valence electrons. The number of carbonyl (C=O) groups is 3. The fourth-order valence-corrected chi connectivity index (χ4v) is 2.16. The standard InChI is InChI=1S/C18H17N3O7/c1-2-27-17(23)11-3-5-12(6-4-11)20-16(22)10-28-18(24)14-8-7-13(21(25)26)9-15(14)19/h3-9H,2,10,19H2,1H3,(H,20,22). The van der Waals surface area contributed by atoms with Gasteiger partial charge in [-0.05, 0) is 37.3 Å². The predicted molar refractivity (Wildman–Crippen MR) is 98.8 cm³/mol. The number of hydrogen-bond acceptors (Lipinski definition) is 8. The number of non-ortho nitro benzene ring substituents is 1. The zero-order valence-corrected chi connectivity index (χ0v) is 14.8. The van der Waals surface area contributed by atoms with Gasteiger partial charge in [0.1, 0.15) is 0 Å². The average Bonchev–Trinajstić information content (AvgIpc) is 2.66. The minimum Gasteiger partial charge on any atom is -0.462 e. The first kappa shape index (κ1) is 20.4. The maximum Gasteiger partial charge on any atom is 0.340 e. The Morgan fingerprint density at radius 1 is 1.07 bits per heavy atom. The van der Waals surface area contributed by atoms with E-state index in [0.29, 0.717) is 11.3 Å². The highest BCUT2D eigenvalue weighted by atomic mass is 16.6. The Morgan fingerprint density at radius 3 is 2.32 bits per heavy atom. The fourth-order valence-electron chi connectivity index (χ4n) is 2.16. The number of ether oxygens (including phenoxy) is 2. The normalized spacial score (nSPS) is 10.0. The van der Waals surface area contributed by atoms with Crippen LogP contribution in [0.5, 0.6) is 0 Å². The van der Waals surface area contributed by atoms with Gasteiger partial charge in [-0.2, -0.15) is 0 Å². The van der Waals surface area contributed by atoms with Gasteiger partial charge in [0.15, 0.2) is 6.61 Å². The molecule has 0 aromatic heterocycles. The van der Waals surface area contributed by atoms with Gasteiger partial charge in [0.2, 0.25) is 0 Å². The average molecular weight is 387 g/mol. The molecule has 0 bridgehead atoms. The van der Waals surface area contributed by atoms with Crippen molar-refractivity contribution in [2.45, 2.75) is 6.92 Å². The van der Waals surface area contributed by atoms with Gasteiger partial charge in [0.05, 0.1) is 28.3 Å². The van der Waals surface area contributed by atoms with Crippen molar-refractivity contribution in [3.63, 3.8) is 0 Å². The summed E-state index contributed by atoms with van der Waals surface area (Å²) in [6.45, 7) is 1.36. The Labute approximate surface area is 159 Å². The van der Waals surface area contributed by atoms with E-state index in [0.717, 1.165) is 18.2 Å². The van der Waals surface area contributed by atoms with Crippen LogP contribution in [0.1, 0.15) is 27.6 Å². The van der Waals surface area contributed by atoms with E-state index in [2.05, 4.69) is 5.32 Å². The van der Waals surface area contributed by atoms with E-state index >= 15 is 0 Å². The van der Waals surface area contributed by atoms with E-state index in [1.54, 1.807) is 6.92 Å². The van der Waals surface area contributed by atoms with E-state index < -0.39 is 29.4 Å². The summed E-state index contributed by atoms with van der Waals surface area (Å²) in [5, 5.41) is 13.2. The van der Waals surface area contributed by atoms with Gasteiger partial charge < -0.3 is 20.5 Å². The monoisotopic (exact) mass is 387 g/mol. The van der Waals surface area contributed by atoms with Crippen molar-refractivity contribution < 1.29 is 28.8 Å². The third kappa shape index (κ3) is 5.27. The number of anilines is 2. The summed E-state index contributed by atoms with van der Waals surface area (Å²) in [7, 11) is 0. The summed E-state index contributed by atoms with van der Waals surface area (Å²) < 4.78 is 9.72. The summed E-state index contributed by atoms with van der Waals surface area (Å²) in [6.07, 6.45) is 0. The van der Waals surface area contributed by atoms with Crippen LogP contribution in [0, 0.1) is 10.1 Å². The third-order valence-electron chi connectivity index (χ3n) is 3.48. The molecule has 1 amide bonds. The number of nitro benzene ring substituents is 1. The second-order valence-corrected chi connectivity index (χ2v) is 5.45. The Morgan fingerprint density at radius 2 is 1.75 bits per heavy atom. The van der Waals surface area contributed by atoms with Crippen LogP contribution in [-0.4, -0.2) is 36.0 Å². The molecule has 0 aliphatic heterocycles. The lowest BCUT2D eigenvalue weighted by atomic mass is 10.1. The van der Waals surface area contributed by atoms with Crippen molar-refractivity contribution in [1.82, 2.24) is 0 Å². The summed E-state index contributed by atoms with van der Waals surface area (Å²) in [6, 6.07) is 9.26. The van der Waals surface area contributed by atoms with Gasteiger partial charge in [0, 0.05) is 17.8 Å². The molecular formula is C18H17N3O7. The van der Waals surface area contributed by atoms with Gasteiger partial charge >= 0.3 is 11.9 Å². The van der Waals surface area contributed by atoms with Crippen LogP contribution in [0.15, 0.2) is 42.5 Å². The molecule has 10 nitrogen and oxygen atoms in total. The highest BCUT2D eigenvalue weighted by Gasteiger charge is 2.17. The molecule has 0 aliphatic carbocycles. The smallest absolute Gasteiger partial charge is 0.340 e. The van der Waals surface area contributed by atoms with E-state index in [1.165, 1.54) is 24.3 Å². The molecule has 0 spiro atoms. The lowest BCUT2D eigenvalue weighted by Crippen LogP contribution is -2.21. The third-order valence-corrected chi connectivity index (χ3v) is 3.48. The maximum absolute atomic E-state index is 12.0. The number of nitrogens with two attached hydrogens (primary N) is 1. The molecule has 3 N–H and O–H groups in total. The zero-order valence-electron chi connectivity index (χ0n) is 14.8. The fraction of sp³-hybridized carbons (Fsp3) is 0.167. The first-order valence-electron chi connectivity index (χ1n) is 8.10. The molecule has 0 aliphatic rings. The molecule has 0 unspecified atom stereocenters. The number of nitrogens with one attached hydrogen (secondary N) is 1. The Bertz CT molecular complexity index is 910. The zero-order chi connectivity index (χ0) is 20.7. The topological polar surface area (TPSA) is 151 Å². The number of esters is 2. The summed E-state index contributed by atoms with van der Waals surface area (Å²) >= 11 is 0. The van der Waals surface area contributed by atoms with Crippen molar-refractivity contribution in [3.8, 4) is 0 Å². The van der Waals surface area contributed by atoms with Crippen LogP contribution in [-0.2, 0) is 14.3 Å². The SMILES string of the molecule is CCOC(=O)c1ccc(NC(=O)COC(=O)c2ccc([N+](=O)[O-])cc2N)cc1. The van der Waals surface area contributed by atoms with Gasteiger partial charge in [-0.3, -0.25) is 14.9 Å². The van der Waals surface area contributed by atoms with E-state index in [9.17, 15) is 24.5 Å². The van der Waals surface area contributed by atoms with Crippen LogP contribution < -0.4 is 11.1 Å². The number of nitro groups is 1. The predicted octanol–water partition coefficient (Wildman–Crippen LogP) is 2.15. The number of carbonyl (C=O) groups excluding carboxylic acids is 3. The molecule has 28 heavy (non-hydrogen) atoms. The largest absolute Gasteiger partial charge is 0.462 e. The highest BCUT2D eigenvalue weighted by Crippen LogP contribution is 2.20. The molecule has 2 rings (SSSR count). The molecular weight excluding hydrogens is 370 g/mol. The number of rotatable bonds is 7. The van der Waals surface area contributed by atoms with Crippen molar-refractivity contribution in [2.75, 3.05) is 24.3 Å². The molecule has 0 heterocycles. The number of nitrogens with zero attached hydrogens (tertiary/aromatic N) is 1. The number of amides is 1. The van der Waals surface area contributed by atoms with Crippen LogP contribution in [0.2, 0.25) is 0 Å². The number of nitrogen functional groups attached to an aromatic ring is 1. The quantitative estimate of drug-likeness (QED) is 0.317. The number of hydrogen-bond donors (Lipinski definition) is 2. The van der Waals surface area contributed by atoms with Crippen molar-refractivity contribution >= 4 is 34.9 Å². The Kier molecular flexibility index (Phi) is 6.63. The molecule has 0 fully saturated rings. The van der Waals surface area contributed by atoms with Crippen molar-refractivity contribution in [3.05, 3.63) is 63.7 Å². The molecule has 10 heteroatoms. The second kappa shape index (κ2) is 9.12. The summed E-state index contributed by atoms with van der Waals surface area (Å²) in [5.41, 5.74) is 5.85. The first-order chi connectivity index (χ1) is 13.3. The molecule has 0 saturated carbocycles. The van der Waals surface area contributed by atoms with Gasteiger partial charge in [-0.25, -0.2) is 9.59 Å².